The molecule has 16 atom stereocenters. The van der Waals surface area contributed by atoms with Crippen molar-refractivity contribution >= 4 is 93.3 Å². The number of hydrogen-bond donors (Lipinski definition) is 8. The SMILES string of the molecule is CO[C@H]1C(OP(=O)([O-])OC[C@H]2O[C@@H](n3cnc4c(=O)[nH]c(N)nc43)[C@@H](O)C2O)[C@@H](COP(=O)([O-])OP(=O)([O-])OP(=O)([O-])OC[C@H]2O[C@@H]([n+]3cn(C)c4c([O-])nc(N)nc43)C(O)C2O)O[C@H]1n1cnc2c(NCc3cccc4ccccc34)ncnc21. The third kappa shape index (κ3) is 12.3. The second-order valence-electron chi connectivity index (χ2n) is 19.3. The zero-order valence-electron chi connectivity index (χ0n) is 43.9. The number of aryl methyl sites for hydroxylation is 1. The van der Waals surface area contributed by atoms with Crippen molar-refractivity contribution in [3.05, 3.63) is 83.7 Å². The standard InChI is InChI=1S/C43H51N15O24P4/c1-55-17-58(36-26(55)38(64)54-43(45)52-36)40-30(62)28(60)22(78-40)12-75-84(67,68)81-86(71,72)82-85(69,70)76-13-23-31(80-83(65,66)74-11-21-27(59)29(61)39(77-21)57-16-50-25-35(57)51-42(44)53-37(25)63)32(73-2)41(79-23)56-15-49-24-33(47-14-48-34(24)56)46-10-19-8-5-7-18-6-3-4-9-20(18)19/h3-9,14-17,21-23,27-32,39-41,59-62H,10-13H2,1-2H3,(H10-,44,45,46,47,48,51,52,53,54,63,64,65,66,67,68,69,70,71,72)/p-4/t21-,22-,23-,27?,28?,29+,30?,31?,32+,39-,40-,41-/m1/s1. The van der Waals surface area contributed by atoms with E-state index >= 15 is 0 Å². The summed E-state index contributed by atoms with van der Waals surface area (Å²) in [5.74, 6) is -1.39. The van der Waals surface area contributed by atoms with Crippen molar-refractivity contribution < 1.29 is 114 Å². The fraction of sp³-hybridized carbons (Fsp3) is 0.419. The van der Waals surface area contributed by atoms with Gasteiger partial charge in [-0.05, 0) is 16.3 Å². The molecule has 0 saturated carbocycles. The molecule has 0 spiro atoms. The summed E-state index contributed by atoms with van der Waals surface area (Å²) in [5.41, 5.74) is 10.9. The van der Waals surface area contributed by atoms with Crippen LogP contribution in [0.25, 0.3) is 44.3 Å². The van der Waals surface area contributed by atoms with Crippen LogP contribution in [-0.2, 0) is 77.5 Å². The number of nitrogens with one attached hydrogen (secondary N) is 2. The predicted molar refractivity (Wildman–Crippen MR) is 274 cm³/mol. The molecule has 86 heavy (non-hydrogen) atoms. The van der Waals surface area contributed by atoms with Crippen LogP contribution in [0.1, 0.15) is 24.2 Å². The maximum atomic E-state index is 13.8. The van der Waals surface area contributed by atoms with E-state index in [1.807, 2.05) is 42.5 Å². The summed E-state index contributed by atoms with van der Waals surface area (Å²) in [5, 5.41) is 61.0. The zero-order chi connectivity index (χ0) is 61.4. The summed E-state index contributed by atoms with van der Waals surface area (Å²) in [7, 11) is -22.5. The molecule has 3 aliphatic heterocycles. The van der Waals surface area contributed by atoms with Crippen molar-refractivity contribution in [3.8, 4) is 5.88 Å². The van der Waals surface area contributed by atoms with Gasteiger partial charge < -0.3 is 98.9 Å². The van der Waals surface area contributed by atoms with Crippen LogP contribution in [0.5, 0.6) is 5.88 Å². The Kier molecular flexibility index (Phi) is 16.8. The minimum atomic E-state index is -6.62. The van der Waals surface area contributed by atoms with Crippen LogP contribution in [0.2, 0.25) is 0 Å². The number of hydrogen-bond acceptors (Lipinski definition) is 34. The first-order valence-corrected chi connectivity index (χ1v) is 30.9. The number of rotatable bonds is 22. The molecule has 0 aliphatic carbocycles. The van der Waals surface area contributed by atoms with E-state index in [0.29, 0.717) is 0 Å². The average molecular weight is 1280 g/mol. The van der Waals surface area contributed by atoms with Gasteiger partial charge in [0.15, 0.2) is 52.4 Å². The fourth-order valence-corrected chi connectivity index (χ4v) is 14.3. The maximum Gasteiger partial charge on any atom is 0.309 e. The van der Waals surface area contributed by atoms with Crippen LogP contribution < -0.4 is 51.6 Å². The monoisotopic (exact) mass is 1280 g/mol. The number of aromatic amines is 1. The van der Waals surface area contributed by atoms with Crippen LogP contribution in [-0.4, -0.2) is 156 Å². The highest BCUT2D eigenvalue weighted by Gasteiger charge is 2.51. The van der Waals surface area contributed by atoms with E-state index < -0.39 is 142 Å². The van der Waals surface area contributed by atoms with Gasteiger partial charge in [-0.1, -0.05) is 47.4 Å². The van der Waals surface area contributed by atoms with Crippen molar-refractivity contribution in [3.63, 3.8) is 0 Å². The first kappa shape index (κ1) is 61.2. The second kappa shape index (κ2) is 23.6. The Morgan fingerprint density at radius 3 is 2.07 bits per heavy atom. The molecule has 43 heteroatoms. The van der Waals surface area contributed by atoms with Gasteiger partial charge in [0.05, 0.1) is 39.5 Å². The Balaban J connectivity index is 0.787. The van der Waals surface area contributed by atoms with Crippen LogP contribution in [0, 0.1) is 0 Å². The molecule has 3 fully saturated rings. The molecule has 0 amide bonds. The van der Waals surface area contributed by atoms with Crippen molar-refractivity contribution in [1.29, 1.82) is 0 Å². The lowest BCUT2D eigenvalue weighted by molar-refractivity contribution is -0.745. The average Bonchev–Trinajstić information content (AvgIpc) is 1.84. The second-order valence-corrected chi connectivity index (χ2v) is 25.1. The number of H-pyrrole nitrogens is 1. The van der Waals surface area contributed by atoms with Gasteiger partial charge >= 0.3 is 5.65 Å². The normalized spacial score (nSPS) is 28.1. The number of ether oxygens (including phenoxy) is 4. The Hall–Kier alpha value is -6.45. The molecule has 462 valence electrons. The molecule has 0 radical (unpaired) electrons. The Bertz CT molecular complexity index is 4130. The van der Waals surface area contributed by atoms with Gasteiger partial charge in [-0.15, -0.1) is 0 Å². The zero-order valence-corrected chi connectivity index (χ0v) is 47.5. The molecule has 3 saturated heterocycles. The van der Waals surface area contributed by atoms with Crippen LogP contribution in [0.15, 0.2) is 72.6 Å². The number of nitrogens with zero attached hydrogens (tertiary/aromatic N) is 11. The molecule has 3 aliphatic rings. The number of methoxy groups -OCH3 is 1. The number of fused-ring (bicyclic) bond motifs is 4. The van der Waals surface area contributed by atoms with E-state index in [0.717, 1.165) is 45.2 Å². The first-order valence-electron chi connectivity index (χ1n) is 25.0. The highest BCUT2D eigenvalue weighted by molar-refractivity contribution is 7.65. The molecule has 11 rings (SSSR count). The van der Waals surface area contributed by atoms with Gasteiger partial charge in [0.1, 0.15) is 61.3 Å². The van der Waals surface area contributed by atoms with Gasteiger partial charge in [0, 0.05) is 19.5 Å². The lowest BCUT2D eigenvalue weighted by atomic mass is 10.0. The van der Waals surface area contributed by atoms with Gasteiger partial charge in [-0.3, -0.25) is 41.7 Å². The van der Waals surface area contributed by atoms with Gasteiger partial charge in [0.25, 0.3) is 42.8 Å². The number of anilines is 3. The van der Waals surface area contributed by atoms with E-state index in [1.54, 1.807) is 0 Å². The third-order valence-electron chi connectivity index (χ3n) is 13.8. The van der Waals surface area contributed by atoms with E-state index in [4.69, 9.17) is 44.0 Å². The number of aromatic nitrogens is 12. The third-order valence-corrected chi connectivity index (χ3v) is 18.9. The molecule has 8 aromatic rings. The predicted octanol–water partition coefficient (Wildman–Crippen LogP) is -4.28. The number of nitrogen functional groups attached to an aromatic ring is 2. The Morgan fingerprint density at radius 2 is 1.35 bits per heavy atom. The van der Waals surface area contributed by atoms with Crippen molar-refractivity contribution in [2.45, 2.75) is 80.2 Å². The molecule has 0 bridgehead atoms. The lowest BCUT2D eigenvalue weighted by Gasteiger charge is -2.35. The summed E-state index contributed by atoms with van der Waals surface area (Å²) in [4.78, 5) is 95.9. The van der Waals surface area contributed by atoms with Crippen LogP contribution in [0.4, 0.5) is 17.7 Å². The molecule has 6 aromatic heterocycles. The molecule has 2 aromatic carbocycles. The quantitative estimate of drug-likeness (QED) is 0.0235. The number of aliphatic hydroxyl groups excluding tert-OH is 4. The molecule has 8 unspecified atom stereocenters. The minimum Gasteiger partial charge on any atom is -0.856 e. The first-order chi connectivity index (χ1) is 40.7. The smallest absolute Gasteiger partial charge is 0.309 e. The van der Waals surface area contributed by atoms with Gasteiger partial charge in [0.2, 0.25) is 12.2 Å². The highest BCUT2D eigenvalue weighted by atomic mass is 31.3. The van der Waals surface area contributed by atoms with Crippen molar-refractivity contribution in [2.24, 2.45) is 7.05 Å². The largest absolute Gasteiger partial charge is 0.856 e. The van der Waals surface area contributed by atoms with E-state index in [1.165, 1.54) is 28.8 Å². The van der Waals surface area contributed by atoms with E-state index in [-0.39, 0.29) is 51.8 Å². The number of nitrogens with two attached hydrogens (primary N) is 2. The van der Waals surface area contributed by atoms with Gasteiger partial charge in [-0.2, -0.15) is 4.98 Å². The molecule has 10 N–H and O–H groups in total. The van der Waals surface area contributed by atoms with E-state index in [9.17, 15) is 68.2 Å². The Morgan fingerprint density at radius 1 is 0.721 bits per heavy atom. The van der Waals surface area contributed by atoms with Crippen LogP contribution >= 0.6 is 31.3 Å². The molecule has 9 heterocycles. The fourth-order valence-electron chi connectivity index (χ4n) is 9.95. The Labute approximate surface area is 479 Å². The van der Waals surface area contributed by atoms with E-state index in [2.05, 4.69) is 58.3 Å². The van der Waals surface area contributed by atoms with Crippen molar-refractivity contribution in [1.82, 2.24) is 53.6 Å². The number of imidazole rings is 3. The van der Waals surface area contributed by atoms with Crippen molar-refractivity contribution in [2.75, 3.05) is 43.7 Å². The summed E-state index contributed by atoms with van der Waals surface area (Å²) in [6.45, 7) is -3.50. The molecular weight excluding hydrogens is 1230 g/mol. The highest BCUT2D eigenvalue weighted by Crippen LogP contribution is 2.63. The van der Waals surface area contributed by atoms with Gasteiger partial charge in [-0.25, -0.2) is 38.1 Å². The number of benzene rings is 2. The topological polar surface area (TPSA) is 563 Å². The minimum absolute atomic E-state index is 0.0304. The lowest BCUT2D eigenvalue weighted by Crippen LogP contribution is -2.46. The summed E-state index contributed by atoms with van der Waals surface area (Å²) < 4.78 is 108. The maximum absolute atomic E-state index is 13.8. The molecular formula is C43H47N15O24P4-4. The van der Waals surface area contributed by atoms with Crippen LogP contribution in [0.3, 0.4) is 0 Å². The number of phosphoric acid groups is 4. The molecule has 39 nitrogen and oxygen atoms in total. The number of phosphoric ester groups is 3. The summed E-state index contributed by atoms with van der Waals surface area (Å²) in [6.07, 6.45) is -16.7. The summed E-state index contributed by atoms with van der Waals surface area (Å²) >= 11 is 0. The summed E-state index contributed by atoms with van der Waals surface area (Å²) in [6, 6.07) is 13.4. The number of aliphatic hydroxyl groups is 4.